The number of imidazole rings is 1. The van der Waals surface area contributed by atoms with Crippen LogP contribution in [0.15, 0.2) is 16.2 Å². The Bertz CT molecular complexity index is 906. The van der Waals surface area contributed by atoms with E-state index in [1.807, 2.05) is 0 Å². The van der Waals surface area contributed by atoms with E-state index in [9.17, 15) is 23.8 Å². The van der Waals surface area contributed by atoms with Crippen molar-refractivity contribution in [3.63, 3.8) is 0 Å². The van der Waals surface area contributed by atoms with Gasteiger partial charge in [-0.05, 0) is 5.53 Å². The molecule has 5 N–H and O–H groups in total. The molecule has 24 heavy (non-hydrogen) atoms. The second kappa shape index (κ2) is 5.10. The lowest BCUT2D eigenvalue weighted by Crippen LogP contribution is -2.47. The zero-order chi connectivity index (χ0) is 17.7. The number of nitrogen functional groups attached to an aromatic ring is 1. The number of aliphatic hydroxyl groups excluding tert-OH is 2. The Morgan fingerprint density at radius 2 is 2.33 bits per heavy atom. The highest BCUT2D eigenvalue weighted by Gasteiger charge is 2.67. The number of azide groups is 1. The second-order valence-electron chi connectivity index (χ2n) is 5.01. The number of alkyl halides is 2. The molecule has 2 aromatic heterocycles. The van der Waals surface area contributed by atoms with E-state index in [-0.39, 0.29) is 17.1 Å². The molecule has 1 saturated heterocycles. The molecule has 2 aromatic rings. The molecule has 128 valence electrons. The Balaban J connectivity index is 2.20. The van der Waals surface area contributed by atoms with Gasteiger partial charge in [0.15, 0.2) is 17.3 Å². The number of rotatable bonds is 3. The number of nitrogens with one attached hydrogen (secondary N) is 1. The Hall–Kier alpha value is -2.80. The molecule has 0 amide bonds. The number of aromatic nitrogens is 4. The Morgan fingerprint density at radius 3 is 2.96 bits per heavy atom. The van der Waals surface area contributed by atoms with E-state index in [0.717, 1.165) is 6.33 Å². The molecule has 12 nitrogen and oxygen atoms in total. The monoisotopic (exact) mass is 344 g/mol. The fourth-order valence-corrected chi connectivity index (χ4v) is 2.44. The van der Waals surface area contributed by atoms with Crippen LogP contribution < -0.4 is 11.3 Å². The number of ether oxygens (including phenoxy) is 1. The van der Waals surface area contributed by atoms with Crippen LogP contribution in [0.5, 0.6) is 0 Å². The summed E-state index contributed by atoms with van der Waals surface area (Å²) in [5.74, 6) is -4.34. The van der Waals surface area contributed by atoms with Crippen molar-refractivity contribution in [3.05, 3.63) is 27.1 Å². The molecule has 1 fully saturated rings. The number of hydrogen-bond acceptors (Lipinski definition) is 8. The first-order valence-electron chi connectivity index (χ1n) is 6.40. The van der Waals surface area contributed by atoms with E-state index in [2.05, 4.69) is 25.0 Å². The minimum absolute atomic E-state index is 0.289. The van der Waals surface area contributed by atoms with Crippen molar-refractivity contribution in [2.24, 2.45) is 5.11 Å². The van der Waals surface area contributed by atoms with Crippen molar-refractivity contribution in [3.8, 4) is 0 Å². The van der Waals surface area contributed by atoms with Gasteiger partial charge in [0, 0.05) is 4.91 Å². The number of aromatic amines is 1. The standard InChI is InChI=1S/C10H10F2N8O4/c11-10(12)6(23)9(1-21,18-19-14)24-7(10)20-2-15-3-4(20)16-8(13)17-5(3)22/h2,6-7,21,23H,1H2,(H3,13,16,17,22)/t6-,7-,9?/m1/s1. The highest BCUT2D eigenvalue weighted by Crippen LogP contribution is 2.49. The molecule has 1 aliphatic rings. The number of nitrogens with zero attached hydrogens (tertiary/aromatic N) is 6. The second-order valence-corrected chi connectivity index (χ2v) is 5.01. The van der Waals surface area contributed by atoms with Gasteiger partial charge in [-0.2, -0.15) is 13.8 Å². The largest absolute Gasteiger partial charge is 0.393 e. The van der Waals surface area contributed by atoms with Crippen molar-refractivity contribution in [1.82, 2.24) is 19.5 Å². The summed E-state index contributed by atoms with van der Waals surface area (Å²) in [7, 11) is 0. The van der Waals surface area contributed by atoms with E-state index >= 15 is 0 Å². The molecule has 0 aliphatic carbocycles. The average Bonchev–Trinajstić information content (AvgIpc) is 3.01. The fourth-order valence-electron chi connectivity index (χ4n) is 2.44. The third-order valence-corrected chi connectivity index (χ3v) is 3.58. The van der Waals surface area contributed by atoms with Gasteiger partial charge in [-0.25, -0.2) is 4.98 Å². The van der Waals surface area contributed by atoms with E-state index in [1.54, 1.807) is 0 Å². The van der Waals surface area contributed by atoms with E-state index in [1.165, 1.54) is 0 Å². The Kier molecular flexibility index (Phi) is 3.42. The van der Waals surface area contributed by atoms with Crippen LogP contribution >= 0.6 is 0 Å². The summed E-state index contributed by atoms with van der Waals surface area (Å²) >= 11 is 0. The smallest absolute Gasteiger partial charge is 0.320 e. The molecule has 0 radical (unpaired) electrons. The van der Waals surface area contributed by atoms with E-state index in [4.69, 9.17) is 16.0 Å². The number of hydrogen-bond donors (Lipinski definition) is 4. The van der Waals surface area contributed by atoms with Gasteiger partial charge in [-0.1, -0.05) is 5.11 Å². The van der Waals surface area contributed by atoms with Gasteiger partial charge in [-0.3, -0.25) is 14.3 Å². The molecule has 3 rings (SSSR count). The van der Waals surface area contributed by atoms with Gasteiger partial charge < -0.3 is 20.7 Å². The SMILES string of the molecule is [N-]=[N+]=NC1(CO)O[C@@H](n2cnc3c(=O)[nH]c(N)nc32)C(F)(F)[C@@H]1O. The number of anilines is 1. The maximum Gasteiger partial charge on any atom is 0.320 e. The molecular formula is C10H10F2N8O4. The van der Waals surface area contributed by atoms with Crippen LogP contribution in [0.4, 0.5) is 14.7 Å². The van der Waals surface area contributed by atoms with Crippen LogP contribution in [0.25, 0.3) is 21.6 Å². The maximum absolute atomic E-state index is 14.4. The minimum atomic E-state index is -4.00. The molecule has 14 heteroatoms. The third kappa shape index (κ3) is 2.01. The zero-order valence-electron chi connectivity index (χ0n) is 11.7. The fraction of sp³-hybridized carbons (Fsp3) is 0.500. The molecule has 0 spiro atoms. The van der Waals surface area contributed by atoms with E-state index < -0.39 is 36.1 Å². The summed E-state index contributed by atoms with van der Waals surface area (Å²) in [6.45, 7) is -1.20. The van der Waals surface area contributed by atoms with Gasteiger partial charge in [-0.15, -0.1) is 0 Å². The number of halogens is 2. The van der Waals surface area contributed by atoms with Gasteiger partial charge in [0.05, 0.1) is 12.9 Å². The summed E-state index contributed by atoms with van der Waals surface area (Å²) in [6.07, 6.45) is -4.06. The van der Waals surface area contributed by atoms with Crippen molar-refractivity contribution < 1.29 is 23.7 Å². The normalized spacial score (nSPS) is 28.8. The molecule has 1 unspecified atom stereocenters. The third-order valence-electron chi connectivity index (χ3n) is 3.58. The van der Waals surface area contributed by atoms with Gasteiger partial charge in [0.25, 0.3) is 5.56 Å². The molecule has 0 saturated carbocycles. The van der Waals surface area contributed by atoms with Crippen molar-refractivity contribution in [2.75, 3.05) is 12.3 Å². The first-order chi connectivity index (χ1) is 11.3. The molecule has 0 aromatic carbocycles. The summed E-state index contributed by atoms with van der Waals surface area (Å²) in [6, 6.07) is 0. The zero-order valence-corrected chi connectivity index (χ0v) is 11.7. The highest BCUT2D eigenvalue weighted by atomic mass is 19.3. The number of fused-ring (bicyclic) bond motifs is 1. The summed E-state index contributed by atoms with van der Waals surface area (Å²) in [5.41, 5.74) is 9.88. The van der Waals surface area contributed by atoms with Crippen LogP contribution in [0, 0.1) is 0 Å². The molecule has 0 bridgehead atoms. The average molecular weight is 344 g/mol. The van der Waals surface area contributed by atoms with Crippen LogP contribution in [0.2, 0.25) is 0 Å². The highest BCUT2D eigenvalue weighted by molar-refractivity contribution is 5.70. The summed E-state index contributed by atoms with van der Waals surface area (Å²) in [4.78, 5) is 23.5. The summed E-state index contributed by atoms with van der Waals surface area (Å²) < 4.78 is 34.5. The predicted molar refractivity (Wildman–Crippen MR) is 72.6 cm³/mol. The molecular weight excluding hydrogens is 334 g/mol. The topological polar surface area (TPSA) is 188 Å². The lowest BCUT2D eigenvalue weighted by atomic mass is 10.1. The number of H-pyrrole nitrogens is 1. The van der Waals surface area contributed by atoms with Crippen LogP contribution in [0.3, 0.4) is 0 Å². The summed E-state index contributed by atoms with van der Waals surface area (Å²) in [5, 5.41) is 22.0. The predicted octanol–water partition coefficient (Wildman–Crippen LogP) is -0.774. The maximum atomic E-state index is 14.4. The van der Waals surface area contributed by atoms with E-state index in [0.29, 0.717) is 4.57 Å². The lowest BCUT2D eigenvalue weighted by molar-refractivity contribution is -0.141. The molecule has 1 aliphatic heterocycles. The lowest BCUT2D eigenvalue weighted by Gasteiger charge is -2.23. The first-order valence-corrected chi connectivity index (χ1v) is 6.40. The quantitative estimate of drug-likeness (QED) is 0.319. The van der Waals surface area contributed by atoms with Gasteiger partial charge in [0.2, 0.25) is 17.9 Å². The number of aliphatic hydroxyl groups is 2. The van der Waals surface area contributed by atoms with Crippen molar-refractivity contribution >= 4 is 17.1 Å². The molecule has 3 atom stereocenters. The van der Waals surface area contributed by atoms with Crippen molar-refractivity contribution in [1.29, 1.82) is 0 Å². The van der Waals surface area contributed by atoms with Crippen LogP contribution in [0.1, 0.15) is 6.23 Å². The Morgan fingerprint density at radius 1 is 1.62 bits per heavy atom. The Labute approximate surface area is 130 Å². The van der Waals surface area contributed by atoms with Gasteiger partial charge >= 0.3 is 5.92 Å². The minimum Gasteiger partial charge on any atom is -0.393 e. The van der Waals surface area contributed by atoms with Crippen LogP contribution in [-0.4, -0.2) is 54.1 Å². The number of nitrogens with two attached hydrogens (primary N) is 1. The molecule has 3 heterocycles. The first kappa shape index (κ1) is 16.1. The van der Waals surface area contributed by atoms with Gasteiger partial charge in [0.1, 0.15) is 0 Å². The van der Waals surface area contributed by atoms with Crippen LogP contribution in [-0.2, 0) is 4.74 Å². The van der Waals surface area contributed by atoms with Crippen molar-refractivity contribution in [2.45, 2.75) is 24.0 Å².